The largest absolute Gasteiger partial charge is 0.497 e. The number of carbonyl (C=O) groups excluding carboxylic acids is 1. The molecule has 7 nitrogen and oxygen atoms in total. The smallest absolute Gasteiger partial charge is 0.259 e. The Morgan fingerprint density at radius 1 is 1.03 bits per heavy atom. The Hall–Kier alpha value is -3.87. The second kappa shape index (κ2) is 9.09. The molecule has 0 bridgehead atoms. The first kappa shape index (κ1) is 21.4. The molecule has 4 aromatic rings. The van der Waals surface area contributed by atoms with Gasteiger partial charge in [-0.15, -0.1) is 0 Å². The van der Waals surface area contributed by atoms with Crippen molar-refractivity contribution in [3.05, 3.63) is 66.5 Å². The monoisotopic (exact) mass is 430 g/mol. The number of likely N-dealkylation sites (N-methyl/N-ethyl adjacent to an activating group) is 1. The molecule has 0 aliphatic heterocycles. The number of methoxy groups -OCH3 is 1. The highest BCUT2D eigenvalue weighted by Crippen LogP contribution is 2.27. The van der Waals surface area contributed by atoms with E-state index in [-0.39, 0.29) is 12.5 Å². The lowest BCUT2D eigenvalue weighted by atomic mass is 10.1. The molecule has 0 radical (unpaired) electrons. The first-order valence-corrected chi connectivity index (χ1v) is 10.5. The molecule has 2 aromatic carbocycles. The number of rotatable bonds is 7. The van der Waals surface area contributed by atoms with Gasteiger partial charge in [-0.1, -0.05) is 13.0 Å². The molecule has 0 saturated heterocycles. The molecular weight excluding hydrogens is 404 g/mol. The molecule has 32 heavy (non-hydrogen) atoms. The third-order valence-electron chi connectivity index (χ3n) is 5.26. The highest BCUT2D eigenvalue weighted by molar-refractivity contribution is 5.82. The summed E-state index contributed by atoms with van der Waals surface area (Å²) in [7, 11) is 5.06. The Morgan fingerprint density at radius 3 is 2.50 bits per heavy atom. The van der Waals surface area contributed by atoms with Gasteiger partial charge in [-0.25, -0.2) is 9.97 Å². The molecule has 0 atom stereocenters. The summed E-state index contributed by atoms with van der Waals surface area (Å²) < 4.78 is 13.0. The van der Waals surface area contributed by atoms with E-state index in [1.54, 1.807) is 21.2 Å². The lowest BCUT2D eigenvalue weighted by Crippen LogP contribution is -2.27. The van der Waals surface area contributed by atoms with Crippen LogP contribution in [0.4, 0.5) is 0 Å². The Balaban J connectivity index is 1.73. The van der Waals surface area contributed by atoms with Crippen molar-refractivity contribution in [2.45, 2.75) is 13.3 Å². The molecule has 0 unspecified atom stereocenters. The fourth-order valence-corrected chi connectivity index (χ4v) is 3.42. The second-order valence-corrected chi connectivity index (χ2v) is 7.57. The lowest BCUT2D eigenvalue weighted by Gasteiger charge is -2.13. The van der Waals surface area contributed by atoms with E-state index in [2.05, 4.69) is 6.92 Å². The quantitative estimate of drug-likeness (QED) is 0.441. The molecule has 0 fully saturated rings. The molecule has 2 heterocycles. The first-order chi connectivity index (χ1) is 15.5. The van der Waals surface area contributed by atoms with Gasteiger partial charge in [-0.05, 0) is 48.9 Å². The highest BCUT2D eigenvalue weighted by Gasteiger charge is 2.14. The Bertz CT molecular complexity index is 1250. The second-order valence-electron chi connectivity index (χ2n) is 7.57. The van der Waals surface area contributed by atoms with Crippen LogP contribution in [0.1, 0.15) is 12.6 Å². The minimum atomic E-state index is -0.0914. The number of ether oxygens (including phenoxy) is 2. The van der Waals surface area contributed by atoms with Crippen molar-refractivity contribution >= 4 is 16.9 Å². The number of aromatic nitrogens is 3. The third-order valence-corrected chi connectivity index (χ3v) is 5.26. The minimum Gasteiger partial charge on any atom is -0.497 e. The maximum absolute atomic E-state index is 11.9. The molecule has 7 heteroatoms. The first-order valence-electron chi connectivity index (χ1n) is 10.5. The maximum Gasteiger partial charge on any atom is 0.259 e. The summed E-state index contributed by atoms with van der Waals surface area (Å²) in [4.78, 5) is 23.1. The van der Waals surface area contributed by atoms with Crippen LogP contribution in [0.3, 0.4) is 0 Å². The van der Waals surface area contributed by atoms with Crippen LogP contribution in [0.15, 0.2) is 60.8 Å². The number of hydrogen-bond acceptors (Lipinski definition) is 5. The number of aryl methyl sites for hydroxylation is 1. The van der Waals surface area contributed by atoms with Crippen molar-refractivity contribution in [3.8, 4) is 28.6 Å². The number of amides is 1. The third kappa shape index (κ3) is 4.27. The minimum absolute atomic E-state index is 0.00729. The van der Waals surface area contributed by atoms with Crippen LogP contribution >= 0.6 is 0 Å². The van der Waals surface area contributed by atoms with Crippen LogP contribution in [0.5, 0.6) is 11.5 Å². The number of nitrogens with zero attached hydrogens (tertiary/aromatic N) is 4. The van der Waals surface area contributed by atoms with Gasteiger partial charge in [0.15, 0.2) is 12.4 Å². The number of carbonyl (C=O) groups is 1. The summed E-state index contributed by atoms with van der Waals surface area (Å²) in [5.41, 5.74) is 3.64. The number of fused-ring (bicyclic) bond motifs is 1. The summed E-state index contributed by atoms with van der Waals surface area (Å²) in [6.45, 7) is 2.08. The van der Waals surface area contributed by atoms with E-state index in [1.807, 2.05) is 65.4 Å². The highest BCUT2D eigenvalue weighted by atomic mass is 16.5. The molecule has 1 amide bonds. The molecule has 0 N–H and O–H groups in total. The number of hydrogen-bond donors (Lipinski definition) is 0. The van der Waals surface area contributed by atoms with E-state index in [0.717, 1.165) is 40.1 Å². The van der Waals surface area contributed by atoms with Crippen molar-refractivity contribution in [1.82, 2.24) is 19.4 Å². The molecule has 164 valence electrons. The van der Waals surface area contributed by atoms with Crippen LogP contribution < -0.4 is 9.47 Å². The van der Waals surface area contributed by atoms with Gasteiger partial charge in [0.1, 0.15) is 17.1 Å². The van der Waals surface area contributed by atoms with Crippen molar-refractivity contribution in [2.75, 3.05) is 27.8 Å². The zero-order valence-electron chi connectivity index (χ0n) is 18.7. The lowest BCUT2D eigenvalue weighted by molar-refractivity contribution is -0.130. The van der Waals surface area contributed by atoms with E-state index in [1.165, 1.54) is 4.90 Å². The molecule has 0 spiro atoms. The standard InChI is InChI=1S/C25H26N4O3/c1-5-22-21-13-14-29(18-7-6-8-20(15-18)32-16-23(30)28(2)3)25(21)27-24(26-22)17-9-11-19(31-4)12-10-17/h6-15H,5,16H2,1-4H3. The zero-order chi connectivity index (χ0) is 22.7. The van der Waals surface area contributed by atoms with Gasteiger partial charge >= 0.3 is 0 Å². The summed E-state index contributed by atoms with van der Waals surface area (Å²) >= 11 is 0. The topological polar surface area (TPSA) is 69.5 Å². The summed E-state index contributed by atoms with van der Waals surface area (Å²) in [6, 6.07) is 17.4. The van der Waals surface area contributed by atoms with Crippen LogP contribution in [-0.4, -0.2) is 53.2 Å². The molecule has 0 saturated carbocycles. The molecule has 4 rings (SSSR count). The van der Waals surface area contributed by atoms with Gasteiger partial charge < -0.3 is 18.9 Å². The van der Waals surface area contributed by atoms with E-state index in [4.69, 9.17) is 19.4 Å². The van der Waals surface area contributed by atoms with Gasteiger partial charge in [-0.2, -0.15) is 0 Å². The van der Waals surface area contributed by atoms with Gasteiger partial charge in [0.25, 0.3) is 5.91 Å². The predicted octanol–water partition coefficient (Wildman–Crippen LogP) is 4.13. The molecule has 0 aliphatic carbocycles. The van der Waals surface area contributed by atoms with E-state index in [0.29, 0.717) is 11.6 Å². The van der Waals surface area contributed by atoms with Crippen LogP contribution in [0.25, 0.3) is 28.1 Å². The van der Waals surface area contributed by atoms with Crippen molar-refractivity contribution in [2.24, 2.45) is 0 Å². The Labute approximate surface area is 187 Å². The fraction of sp³-hybridized carbons (Fsp3) is 0.240. The average Bonchev–Trinajstić information content (AvgIpc) is 3.26. The van der Waals surface area contributed by atoms with E-state index < -0.39 is 0 Å². The molecular formula is C25H26N4O3. The fourth-order valence-electron chi connectivity index (χ4n) is 3.42. The summed E-state index contributed by atoms with van der Waals surface area (Å²) in [5.74, 6) is 1.99. The van der Waals surface area contributed by atoms with Crippen molar-refractivity contribution in [1.29, 1.82) is 0 Å². The van der Waals surface area contributed by atoms with Crippen LogP contribution in [0.2, 0.25) is 0 Å². The summed E-state index contributed by atoms with van der Waals surface area (Å²) in [6.07, 6.45) is 2.78. The Morgan fingerprint density at radius 2 is 1.81 bits per heavy atom. The Kier molecular flexibility index (Phi) is 6.07. The van der Waals surface area contributed by atoms with Gasteiger partial charge in [-0.3, -0.25) is 4.79 Å². The average molecular weight is 431 g/mol. The van der Waals surface area contributed by atoms with Crippen LogP contribution in [0, 0.1) is 0 Å². The maximum atomic E-state index is 11.9. The van der Waals surface area contributed by atoms with Crippen molar-refractivity contribution < 1.29 is 14.3 Å². The normalized spacial score (nSPS) is 10.9. The summed E-state index contributed by atoms with van der Waals surface area (Å²) in [5, 5.41) is 1.01. The molecule has 2 aromatic heterocycles. The molecule has 0 aliphatic rings. The van der Waals surface area contributed by atoms with Crippen LogP contribution in [-0.2, 0) is 11.2 Å². The van der Waals surface area contributed by atoms with Gasteiger partial charge in [0.2, 0.25) is 0 Å². The SMILES string of the molecule is CCc1nc(-c2ccc(OC)cc2)nc2c1ccn2-c1cccc(OCC(=O)N(C)C)c1. The van der Waals surface area contributed by atoms with Gasteiger partial charge in [0, 0.05) is 37.3 Å². The number of benzene rings is 2. The van der Waals surface area contributed by atoms with Gasteiger partial charge in [0.05, 0.1) is 18.5 Å². The zero-order valence-corrected chi connectivity index (χ0v) is 18.7. The van der Waals surface area contributed by atoms with E-state index in [9.17, 15) is 4.79 Å². The van der Waals surface area contributed by atoms with E-state index >= 15 is 0 Å². The predicted molar refractivity (Wildman–Crippen MR) is 124 cm³/mol. The van der Waals surface area contributed by atoms with Crippen molar-refractivity contribution in [3.63, 3.8) is 0 Å².